The Balaban J connectivity index is 1.84. The standard InChI is InChI=1S/C19H15F3N6O3/c20-19(21,22)13-3-4-24-6-11(13)8-25-14-5-16(27-9-12(14)17(23)29)28-15-2-1-10(7-26-15)18(30)31/h1-7,9H,8H2,(H2,23,29)(H,30,31)(H2,25,26,27,28). The van der Waals surface area contributed by atoms with Gasteiger partial charge in [0, 0.05) is 43.0 Å². The zero-order valence-corrected chi connectivity index (χ0v) is 15.6. The van der Waals surface area contributed by atoms with Gasteiger partial charge in [-0.1, -0.05) is 0 Å². The third-order valence-corrected chi connectivity index (χ3v) is 4.11. The largest absolute Gasteiger partial charge is 0.478 e. The number of pyridine rings is 3. The third kappa shape index (κ3) is 5.23. The summed E-state index contributed by atoms with van der Waals surface area (Å²) in [5, 5.41) is 14.5. The number of halogens is 3. The topological polar surface area (TPSA) is 143 Å². The molecule has 0 bridgehead atoms. The third-order valence-electron chi connectivity index (χ3n) is 4.11. The predicted octanol–water partition coefficient (Wildman–Crippen LogP) is 3.04. The fourth-order valence-electron chi connectivity index (χ4n) is 2.63. The molecule has 1 amide bonds. The summed E-state index contributed by atoms with van der Waals surface area (Å²) >= 11 is 0. The van der Waals surface area contributed by atoms with E-state index in [0.29, 0.717) is 0 Å². The van der Waals surface area contributed by atoms with Crippen molar-refractivity contribution in [3.8, 4) is 0 Å². The van der Waals surface area contributed by atoms with Gasteiger partial charge in [-0.05, 0) is 18.2 Å². The second kappa shape index (κ2) is 8.65. The molecular weight excluding hydrogens is 417 g/mol. The van der Waals surface area contributed by atoms with Crippen molar-refractivity contribution in [1.82, 2.24) is 15.0 Å². The molecule has 3 aromatic rings. The van der Waals surface area contributed by atoms with E-state index in [4.69, 9.17) is 10.8 Å². The van der Waals surface area contributed by atoms with E-state index >= 15 is 0 Å². The number of carbonyl (C=O) groups is 2. The Bertz CT molecular complexity index is 1120. The number of aromatic nitrogens is 3. The van der Waals surface area contributed by atoms with Crippen molar-refractivity contribution in [3.05, 3.63) is 71.3 Å². The Morgan fingerprint density at radius 2 is 1.81 bits per heavy atom. The molecule has 0 aliphatic rings. The highest BCUT2D eigenvalue weighted by Crippen LogP contribution is 2.32. The fraction of sp³-hybridized carbons (Fsp3) is 0.105. The van der Waals surface area contributed by atoms with Gasteiger partial charge in [0.25, 0.3) is 5.91 Å². The normalized spacial score (nSPS) is 11.1. The molecule has 0 spiro atoms. The van der Waals surface area contributed by atoms with Crippen molar-refractivity contribution >= 4 is 29.2 Å². The Morgan fingerprint density at radius 3 is 2.42 bits per heavy atom. The minimum atomic E-state index is -4.56. The summed E-state index contributed by atoms with van der Waals surface area (Å²) in [6.45, 7) is -0.280. The molecule has 0 fully saturated rings. The van der Waals surface area contributed by atoms with Gasteiger partial charge in [-0.15, -0.1) is 0 Å². The van der Waals surface area contributed by atoms with E-state index < -0.39 is 23.6 Å². The van der Waals surface area contributed by atoms with Gasteiger partial charge in [-0.3, -0.25) is 9.78 Å². The number of nitrogens with one attached hydrogen (secondary N) is 2. The summed E-state index contributed by atoms with van der Waals surface area (Å²) in [5.74, 6) is -1.50. The molecule has 0 aliphatic heterocycles. The Morgan fingerprint density at radius 1 is 1.06 bits per heavy atom. The molecule has 0 radical (unpaired) electrons. The Kier molecular flexibility index (Phi) is 6.00. The lowest BCUT2D eigenvalue weighted by Gasteiger charge is -2.15. The van der Waals surface area contributed by atoms with Gasteiger partial charge < -0.3 is 21.5 Å². The van der Waals surface area contributed by atoms with Crippen LogP contribution in [-0.4, -0.2) is 31.9 Å². The van der Waals surface area contributed by atoms with Crippen molar-refractivity contribution in [2.75, 3.05) is 10.6 Å². The molecular formula is C19H15F3N6O3. The molecule has 0 unspecified atom stereocenters. The van der Waals surface area contributed by atoms with Crippen LogP contribution in [0.3, 0.4) is 0 Å². The second-order valence-electron chi connectivity index (χ2n) is 6.23. The van der Waals surface area contributed by atoms with Gasteiger partial charge in [0.15, 0.2) is 0 Å². The summed E-state index contributed by atoms with van der Waals surface area (Å²) in [4.78, 5) is 34.3. The van der Waals surface area contributed by atoms with Crippen molar-refractivity contribution in [2.24, 2.45) is 5.73 Å². The number of hydrogen-bond acceptors (Lipinski definition) is 7. The predicted molar refractivity (Wildman–Crippen MR) is 104 cm³/mol. The highest BCUT2D eigenvalue weighted by atomic mass is 19.4. The molecule has 5 N–H and O–H groups in total. The van der Waals surface area contributed by atoms with Gasteiger partial charge in [0.1, 0.15) is 11.6 Å². The number of nitrogens with zero attached hydrogens (tertiary/aromatic N) is 3. The number of carboxylic acid groups (broad SMARTS) is 1. The zero-order chi connectivity index (χ0) is 22.6. The maximum Gasteiger partial charge on any atom is 0.416 e. The van der Waals surface area contributed by atoms with E-state index in [-0.39, 0.29) is 40.6 Å². The van der Waals surface area contributed by atoms with Crippen LogP contribution in [0.15, 0.2) is 49.1 Å². The van der Waals surface area contributed by atoms with Gasteiger partial charge in [0.2, 0.25) is 0 Å². The molecule has 31 heavy (non-hydrogen) atoms. The van der Waals surface area contributed by atoms with Gasteiger partial charge in [-0.25, -0.2) is 14.8 Å². The molecule has 0 aromatic carbocycles. The highest BCUT2D eigenvalue weighted by molar-refractivity contribution is 5.98. The summed E-state index contributed by atoms with van der Waals surface area (Å²) in [7, 11) is 0. The number of primary amides is 1. The lowest BCUT2D eigenvalue weighted by Crippen LogP contribution is -2.17. The molecule has 3 aromatic heterocycles. The number of carboxylic acids is 1. The quantitative estimate of drug-likeness (QED) is 0.446. The number of rotatable bonds is 7. The van der Waals surface area contributed by atoms with Crippen LogP contribution in [0.2, 0.25) is 0 Å². The minimum absolute atomic E-state index is 0.0121. The lowest BCUT2D eigenvalue weighted by molar-refractivity contribution is -0.138. The number of amides is 1. The zero-order valence-electron chi connectivity index (χ0n) is 15.6. The van der Waals surface area contributed by atoms with Crippen molar-refractivity contribution in [3.63, 3.8) is 0 Å². The second-order valence-corrected chi connectivity index (χ2v) is 6.23. The number of alkyl halides is 3. The van der Waals surface area contributed by atoms with Crippen LogP contribution in [-0.2, 0) is 12.7 Å². The van der Waals surface area contributed by atoms with E-state index in [1.54, 1.807) is 0 Å². The summed E-state index contributed by atoms with van der Waals surface area (Å²) in [6, 6.07) is 4.97. The Hall–Kier alpha value is -4.22. The first-order chi connectivity index (χ1) is 14.6. The first-order valence-electron chi connectivity index (χ1n) is 8.65. The van der Waals surface area contributed by atoms with E-state index in [9.17, 15) is 22.8 Å². The first kappa shape index (κ1) is 21.5. The van der Waals surface area contributed by atoms with Gasteiger partial charge in [0.05, 0.1) is 22.4 Å². The van der Waals surface area contributed by atoms with Crippen LogP contribution in [0.25, 0.3) is 0 Å². The molecule has 3 heterocycles. The number of carbonyl (C=O) groups excluding carboxylic acids is 1. The van der Waals surface area contributed by atoms with E-state index in [2.05, 4.69) is 25.6 Å². The SMILES string of the molecule is NC(=O)c1cnc(Nc2ccc(C(=O)O)cn2)cc1NCc1cnccc1C(F)(F)F. The minimum Gasteiger partial charge on any atom is -0.478 e. The molecule has 0 saturated heterocycles. The van der Waals surface area contributed by atoms with E-state index in [1.807, 2.05) is 0 Å². The van der Waals surface area contributed by atoms with Crippen LogP contribution < -0.4 is 16.4 Å². The monoisotopic (exact) mass is 432 g/mol. The first-order valence-corrected chi connectivity index (χ1v) is 8.65. The molecule has 0 aliphatic carbocycles. The van der Waals surface area contributed by atoms with Crippen molar-refractivity contribution < 1.29 is 27.9 Å². The molecule has 9 nitrogen and oxygen atoms in total. The van der Waals surface area contributed by atoms with Crippen LogP contribution in [0, 0.1) is 0 Å². The summed E-state index contributed by atoms with van der Waals surface area (Å²) in [5.41, 5.74) is 4.45. The number of nitrogens with two attached hydrogens (primary N) is 1. The van der Waals surface area contributed by atoms with Crippen LogP contribution in [0.5, 0.6) is 0 Å². The lowest BCUT2D eigenvalue weighted by atomic mass is 10.1. The molecule has 3 rings (SSSR count). The van der Waals surface area contributed by atoms with Crippen molar-refractivity contribution in [1.29, 1.82) is 0 Å². The maximum absolute atomic E-state index is 13.2. The molecule has 0 saturated carbocycles. The van der Waals surface area contributed by atoms with Gasteiger partial charge >= 0.3 is 12.1 Å². The van der Waals surface area contributed by atoms with Crippen molar-refractivity contribution in [2.45, 2.75) is 12.7 Å². The summed E-state index contributed by atoms with van der Waals surface area (Å²) in [6.07, 6.45) is -0.146. The number of hydrogen-bond donors (Lipinski definition) is 4. The number of anilines is 3. The fourth-order valence-corrected chi connectivity index (χ4v) is 2.63. The molecule has 160 valence electrons. The van der Waals surface area contributed by atoms with Crippen LogP contribution in [0.1, 0.15) is 31.8 Å². The average Bonchev–Trinajstić information content (AvgIpc) is 2.72. The van der Waals surface area contributed by atoms with Crippen LogP contribution in [0.4, 0.5) is 30.5 Å². The van der Waals surface area contributed by atoms with Crippen LogP contribution >= 0.6 is 0 Å². The smallest absolute Gasteiger partial charge is 0.416 e. The summed E-state index contributed by atoms with van der Waals surface area (Å²) < 4.78 is 39.5. The Labute approximate surface area is 173 Å². The number of aromatic carboxylic acids is 1. The van der Waals surface area contributed by atoms with E-state index in [1.165, 1.54) is 18.2 Å². The van der Waals surface area contributed by atoms with E-state index in [0.717, 1.165) is 30.9 Å². The molecule has 12 heteroatoms. The van der Waals surface area contributed by atoms with Gasteiger partial charge in [-0.2, -0.15) is 13.2 Å². The molecule has 0 atom stereocenters. The highest BCUT2D eigenvalue weighted by Gasteiger charge is 2.33. The average molecular weight is 432 g/mol. The maximum atomic E-state index is 13.2.